The molecule has 1 aromatic carbocycles. The van der Waals surface area contributed by atoms with Gasteiger partial charge in [0.15, 0.2) is 0 Å². The zero-order chi connectivity index (χ0) is 12.4. The Hall–Kier alpha value is -1.62. The van der Waals surface area contributed by atoms with Crippen LogP contribution in [0.1, 0.15) is 12.0 Å². The number of nitrogens with two attached hydrogens (primary N) is 1. The van der Waals surface area contributed by atoms with Crippen molar-refractivity contribution in [3.63, 3.8) is 0 Å². The number of carbonyl (C=O) groups is 1. The Morgan fingerprint density at radius 2 is 2.24 bits per heavy atom. The highest BCUT2D eigenvalue weighted by atomic mass is 32.1. The van der Waals surface area contributed by atoms with Crippen molar-refractivity contribution in [1.82, 2.24) is 0 Å². The maximum Gasteiger partial charge on any atom is 0.328 e. The van der Waals surface area contributed by atoms with Crippen molar-refractivity contribution in [3.05, 3.63) is 29.8 Å². The third-order valence-corrected chi connectivity index (χ3v) is 3.14. The van der Waals surface area contributed by atoms with E-state index in [1.54, 1.807) is 0 Å². The van der Waals surface area contributed by atoms with Crippen molar-refractivity contribution in [2.75, 3.05) is 18.6 Å². The number of hydrogen-bond acceptors (Lipinski definition) is 4. The zero-order valence-corrected chi connectivity index (χ0v) is 10.4. The molecule has 0 aliphatic carbocycles. The van der Waals surface area contributed by atoms with Gasteiger partial charge in [-0.05, 0) is 12.1 Å². The van der Waals surface area contributed by atoms with Crippen LogP contribution in [0.15, 0.2) is 24.3 Å². The molecule has 2 N–H and O–H groups in total. The van der Waals surface area contributed by atoms with Crippen molar-refractivity contribution in [1.29, 1.82) is 0 Å². The number of carbonyl (C=O) groups excluding carboxylic acids is 1. The van der Waals surface area contributed by atoms with E-state index in [4.69, 9.17) is 22.7 Å². The summed E-state index contributed by atoms with van der Waals surface area (Å²) in [5, 5.41) is 0. The lowest BCUT2D eigenvalue weighted by atomic mass is 10.1. The van der Waals surface area contributed by atoms with Crippen LogP contribution < -0.4 is 10.6 Å². The molecule has 0 radical (unpaired) electrons. The lowest BCUT2D eigenvalue weighted by Gasteiger charge is -2.25. The Balaban J connectivity index is 2.33. The lowest BCUT2D eigenvalue weighted by Crippen LogP contribution is -2.36. The second-order valence-corrected chi connectivity index (χ2v) is 4.40. The number of anilines is 1. The maximum atomic E-state index is 11.5. The van der Waals surface area contributed by atoms with Crippen molar-refractivity contribution in [2.45, 2.75) is 12.5 Å². The van der Waals surface area contributed by atoms with Gasteiger partial charge in [-0.25, -0.2) is 4.79 Å². The van der Waals surface area contributed by atoms with Gasteiger partial charge in [-0.1, -0.05) is 24.4 Å². The lowest BCUT2D eigenvalue weighted by molar-refractivity contribution is -0.139. The van der Waals surface area contributed by atoms with E-state index in [1.807, 2.05) is 36.2 Å². The molecule has 0 bridgehead atoms. The summed E-state index contributed by atoms with van der Waals surface area (Å²) in [5.74, 6) is -0.190. The standard InChI is InChI=1S/C12H14N2O2S/c1-14(10-6-7-16-12(10)15)9-5-3-2-4-8(9)11(13)17/h2-5,10H,6-7H2,1H3,(H2,13,17). The summed E-state index contributed by atoms with van der Waals surface area (Å²) in [4.78, 5) is 13.8. The van der Waals surface area contributed by atoms with E-state index in [0.717, 1.165) is 11.3 Å². The Morgan fingerprint density at radius 3 is 2.82 bits per heavy atom. The molecule has 2 rings (SSSR count). The molecule has 1 atom stereocenters. The molecule has 1 saturated heterocycles. The number of rotatable bonds is 3. The normalized spacial score (nSPS) is 18.9. The molecular weight excluding hydrogens is 236 g/mol. The van der Waals surface area contributed by atoms with E-state index in [-0.39, 0.29) is 12.0 Å². The minimum atomic E-state index is -0.245. The number of cyclic esters (lactones) is 1. The van der Waals surface area contributed by atoms with Gasteiger partial charge < -0.3 is 15.4 Å². The smallest absolute Gasteiger partial charge is 0.328 e. The molecule has 0 aromatic heterocycles. The molecule has 0 amide bonds. The summed E-state index contributed by atoms with van der Waals surface area (Å²) in [7, 11) is 1.86. The summed E-state index contributed by atoms with van der Waals surface area (Å²) in [5.41, 5.74) is 7.32. The van der Waals surface area contributed by atoms with Crippen LogP contribution in [0.3, 0.4) is 0 Å². The van der Waals surface area contributed by atoms with Crippen molar-refractivity contribution < 1.29 is 9.53 Å². The first-order valence-electron chi connectivity index (χ1n) is 5.39. The number of benzene rings is 1. The first-order valence-corrected chi connectivity index (χ1v) is 5.80. The fraction of sp³-hybridized carbons (Fsp3) is 0.333. The summed E-state index contributed by atoms with van der Waals surface area (Å²) in [6, 6.07) is 7.28. The third-order valence-electron chi connectivity index (χ3n) is 2.92. The zero-order valence-electron chi connectivity index (χ0n) is 9.55. The second kappa shape index (κ2) is 4.71. The molecule has 1 aliphatic heterocycles. The van der Waals surface area contributed by atoms with Gasteiger partial charge in [-0.2, -0.15) is 0 Å². The number of hydrogen-bond donors (Lipinski definition) is 1. The predicted octanol–water partition coefficient (Wildman–Crippen LogP) is 1.07. The van der Waals surface area contributed by atoms with Crippen LogP contribution in [-0.4, -0.2) is 30.7 Å². The molecule has 90 valence electrons. The Labute approximate surface area is 105 Å². The van der Waals surface area contributed by atoms with E-state index in [0.29, 0.717) is 18.0 Å². The summed E-state index contributed by atoms with van der Waals surface area (Å²) >= 11 is 5.01. The molecule has 5 heteroatoms. The molecule has 0 saturated carbocycles. The molecular formula is C12H14N2O2S. The van der Waals surface area contributed by atoms with E-state index in [9.17, 15) is 4.79 Å². The first-order chi connectivity index (χ1) is 8.11. The van der Waals surface area contributed by atoms with Crippen LogP contribution in [0.2, 0.25) is 0 Å². The monoisotopic (exact) mass is 250 g/mol. The van der Waals surface area contributed by atoms with Crippen molar-refractivity contribution >= 4 is 28.9 Å². The number of nitrogens with zero attached hydrogens (tertiary/aromatic N) is 1. The number of ether oxygens (including phenoxy) is 1. The summed E-state index contributed by atoms with van der Waals surface area (Å²) in [6.45, 7) is 0.475. The van der Waals surface area contributed by atoms with E-state index >= 15 is 0 Å². The second-order valence-electron chi connectivity index (χ2n) is 3.96. The van der Waals surface area contributed by atoms with Crippen LogP contribution >= 0.6 is 12.2 Å². The molecule has 1 aromatic rings. The highest BCUT2D eigenvalue weighted by Crippen LogP contribution is 2.24. The summed E-state index contributed by atoms with van der Waals surface area (Å²) in [6.07, 6.45) is 0.695. The van der Waals surface area contributed by atoms with Crippen LogP contribution in [0.25, 0.3) is 0 Å². The summed E-state index contributed by atoms with van der Waals surface area (Å²) < 4.78 is 4.96. The first kappa shape index (κ1) is 11.9. The van der Waals surface area contributed by atoms with E-state index in [2.05, 4.69) is 0 Å². The third kappa shape index (κ3) is 2.24. The van der Waals surface area contributed by atoms with Crippen LogP contribution in [0.5, 0.6) is 0 Å². The molecule has 1 unspecified atom stereocenters. The van der Waals surface area contributed by atoms with Crippen LogP contribution in [0, 0.1) is 0 Å². The fourth-order valence-electron chi connectivity index (χ4n) is 1.99. The number of para-hydroxylation sites is 1. The van der Waals surface area contributed by atoms with Crippen LogP contribution in [-0.2, 0) is 9.53 Å². The van der Waals surface area contributed by atoms with Crippen molar-refractivity contribution in [2.24, 2.45) is 5.73 Å². The van der Waals surface area contributed by atoms with Crippen molar-refractivity contribution in [3.8, 4) is 0 Å². The van der Waals surface area contributed by atoms with Gasteiger partial charge in [-0.3, -0.25) is 0 Å². The van der Waals surface area contributed by atoms with Crippen LogP contribution in [0.4, 0.5) is 5.69 Å². The number of thiocarbonyl (C=S) groups is 1. The minimum Gasteiger partial charge on any atom is -0.464 e. The van der Waals surface area contributed by atoms with Gasteiger partial charge in [0.1, 0.15) is 11.0 Å². The average molecular weight is 250 g/mol. The molecule has 1 fully saturated rings. The maximum absolute atomic E-state index is 11.5. The van der Waals surface area contributed by atoms with E-state index in [1.165, 1.54) is 0 Å². The highest BCUT2D eigenvalue weighted by molar-refractivity contribution is 7.80. The quantitative estimate of drug-likeness (QED) is 0.642. The highest BCUT2D eigenvalue weighted by Gasteiger charge is 2.31. The Bertz CT molecular complexity index is 462. The van der Waals surface area contributed by atoms with Gasteiger partial charge in [0.2, 0.25) is 0 Å². The molecule has 1 heterocycles. The average Bonchev–Trinajstić information content (AvgIpc) is 2.74. The molecule has 4 nitrogen and oxygen atoms in total. The SMILES string of the molecule is CN(c1ccccc1C(N)=S)C1CCOC1=O. The molecule has 0 spiro atoms. The van der Waals surface area contributed by atoms with Gasteiger partial charge >= 0.3 is 5.97 Å². The predicted molar refractivity (Wildman–Crippen MR) is 70.1 cm³/mol. The Morgan fingerprint density at radius 1 is 1.53 bits per heavy atom. The molecule has 17 heavy (non-hydrogen) atoms. The Kier molecular flexibility index (Phi) is 3.28. The number of likely N-dealkylation sites (N-methyl/N-ethyl adjacent to an activating group) is 1. The topological polar surface area (TPSA) is 55.6 Å². The fourth-order valence-corrected chi connectivity index (χ4v) is 2.17. The van der Waals surface area contributed by atoms with Gasteiger partial charge in [0, 0.05) is 24.7 Å². The number of esters is 1. The van der Waals surface area contributed by atoms with Gasteiger partial charge in [0.05, 0.1) is 6.61 Å². The minimum absolute atomic E-state index is 0.190. The molecule has 1 aliphatic rings. The largest absolute Gasteiger partial charge is 0.464 e. The van der Waals surface area contributed by atoms with Gasteiger partial charge in [-0.15, -0.1) is 0 Å². The van der Waals surface area contributed by atoms with E-state index < -0.39 is 0 Å². The van der Waals surface area contributed by atoms with Gasteiger partial charge in [0.25, 0.3) is 0 Å².